The standard InChI is InChI=1S/C19H19NO3/c1-13(21)14-6-9-16(10-7-14)23-12-19(22)20-18-11-8-15-4-2-3-5-17(15)18/h2-7,9-10,18H,8,11-12H2,1H3,(H,20,22)/t18-/m1/s1. The van der Waals surface area contributed by atoms with E-state index < -0.39 is 0 Å². The Kier molecular flexibility index (Phi) is 4.42. The maximum absolute atomic E-state index is 12.1. The van der Waals surface area contributed by atoms with Crippen LogP contribution in [0.15, 0.2) is 48.5 Å². The van der Waals surface area contributed by atoms with Gasteiger partial charge in [0.2, 0.25) is 0 Å². The van der Waals surface area contributed by atoms with Crippen LogP contribution in [0, 0.1) is 0 Å². The Labute approximate surface area is 135 Å². The minimum atomic E-state index is -0.137. The molecule has 23 heavy (non-hydrogen) atoms. The number of ether oxygens (including phenoxy) is 1. The molecule has 1 aliphatic carbocycles. The lowest BCUT2D eigenvalue weighted by atomic mass is 10.1. The van der Waals surface area contributed by atoms with Gasteiger partial charge < -0.3 is 10.1 Å². The van der Waals surface area contributed by atoms with Crippen molar-refractivity contribution in [3.63, 3.8) is 0 Å². The predicted molar refractivity (Wildman–Crippen MR) is 87.6 cm³/mol. The van der Waals surface area contributed by atoms with Crippen molar-refractivity contribution in [2.24, 2.45) is 0 Å². The zero-order chi connectivity index (χ0) is 16.2. The fourth-order valence-electron chi connectivity index (χ4n) is 2.88. The van der Waals surface area contributed by atoms with Gasteiger partial charge >= 0.3 is 0 Å². The second-order valence-electron chi connectivity index (χ2n) is 5.73. The Balaban J connectivity index is 1.53. The summed E-state index contributed by atoms with van der Waals surface area (Å²) in [7, 11) is 0. The molecule has 4 nitrogen and oxygen atoms in total. The van der Waals surface area contributed by atoms with Crippen LogP contribution in [-0.4, -0.2) is 18.3 Å². The number of benzene rings is 2. The van der Waals surface area contributed by atoms with Crippen LogP contribution < -0.4 is 10.1 Å². The van der Waals surface area contributed by atoms with Crippen LogP contribution in [0.5, 0.6) is 5.75 Å². The van der Waals surface area contributed by atoms with Crippen molar-refractivity contribution in [3.05, 3.63) is 65.2 Å². The summed E-state index contributed by atoms with van der Waals surface area (Å²) in [6.07, 6.45) is 1.92. The van der Waals surface area contributed by atoms with Gasteiger partial charge in [0.25, 0.3) is 5.91 Å². The Morgan fingerprint density at radius 3 is 2.61 bits per heavy atom. The Morgan fingerprint density at radius 1 is 1.13 bits per heavy atom. The van der Waals surface area contributed by atoms with E-state index in [0.717, 1.165) is 12.8 Å². The minimum absolute atomic E-state index is 0.00851. The number of rotatable bonds is 5. The predicted octanol–water partition coefficient (Wildman–Crippen LogP) is 3.07. The van der Waals surface area contributed by atoms with Crippen LogP contribution in [0.1, 0.15) is 40.9 Å². The van der Waals surface area contributed by atoms with Gasteiger partial charge in [-0.25, -0.2) is 0 Å². The van der Waals surface area contributed by atoms with Gasteiger partial charge in [-0.3, -0.25) is 9.59 Å². The molecule has 1 N–H and O–H groups in total. The first-order valence-electron chi connectivity index (χ1n) is 7.74. The van der Waals surface area contributed by atoms with Crippen molar-refractivity contribution in [2.75, 3.05) is 6.61 Å². The summed E-state index contributed by atoms with van der Waals surface area (Å²) in [6, 6.07) is 15.1. The van der Waals surface area contributed by atoms with Gasteiger partial charge in [-0.1, -0.05) is 24.3 Å². The molecule has 2 aromatic rings. The molecule has 0 spiro atoms. The third-order valence-electron chi connectivity index (χ3n) is 4.10. The molecule has 0 fully saturated rings. The molecular formula is C19H19NO3. The van der Waals surface area contributed by atoms with Gasteiger partial charge in [0.05, 0.1) is 6.04 Å². The van der Waals surface area contributed by atoms with E-state index >= 15 is 0 Å². The molecule has 118 valence electrons. The number of ketones is 1. The normalized spacial score (nSPS) is 15.8. The van der Waals surface area contributed by atoms with Gasteiger partial charge in [-0.05, 0) is 55.2 Å². The molecule has 0 bridgehead atoms. The second kappa shape index (κ2) is 6.65. The molecule has 0 heterocycles. The molecule has 4 heteroatoms. The number of Topliss-reactive ketones (excluding diaryl/α,β-unsaturated/α-hetero) is 1. The molecule has 0 aliphatic heterocycles. The van der Waals surface area contributed by atoms with Crippen molar-refractivity contribution in [3.8, 4) is 5.75 Å². The molecule has 0 saturated carbocycles. The van der Waals surface area contributed by atoms with E-state index in [1.807, 2.05) is 12.1 Å². The highest BCUT2D eigenvalue weighted by molar-refractivity contribution is 5.94. The van der Waals surface area contributed by atoms with Crippen molar-refractivity contribution in [1.29, 1.82) is 0 Å². The van der Waals surface area contributed by atoms with Gasteiger partial charge in [-0.2, -0.15) is 0 Å². The smallest absolute Gasteiger partial charge is 0.258 e. The molecule has 0 unspecified atom stereocenters. The third-order valence-corrected chi connectivity index (χ3v) is 4.10. The summed E-state index contributed by atoms with van der Waals surface area (Å²) in [5.74, 6) is 0.452. The van der Waals surface area contributed by atoms with Crippen LogP contribution in [0.3, 0.4) is 0 Å². The van der Waals surface area contributed by atoms with Crippen LogP contribution in [-0.2, 0) is 11.2 Å². The first-order valence-corrected chi connectivity index (χ1v) is 7.74. The molecule has 1 atom stereocenters. The average Bonchev–Trinajstić information content (AvgIpc) is 2.96. The van der Waals surface area contributed by atoms with Crippen molar-refractivity contribution in [2.45, 2.75) is 25.8 Å². The summed E-state index contributed by atoms with van der Waals surface area (Å²) in [4.78, 5) is 23.3. The maximum Gasteiger partial charge on any atom is 0.258 e. The quantitative estimate of drug-likeness (QED) is 0.864. The monoisotopic (exact) mass is 309 g/mol. The Morgan fingerprint density at radius 2 is 1.87 bits per heavy atom. The van der Waals surface area contributed by atoms with E-state index in [0.29, 0.717) is 11.3 Å². The zero-order valence-corrected chi connectivity index (χ0v) is 13.0. The molecule has 0 aromatic heterocycles. The highest BCUT2D eigenvalue weighted by Crippen LogP contribution is 2.30. The Bertz CT molecular complexity index is 722. The number of hydrogen-bond donors (Lipinski definition) is 1. The lowest BCUT2D eigenvalue weighted by Gasteiger charge is -2.14. The van der Waals surface area contributed by atoms with E-state index in [2.05, 4.69) is 17.4 Å². The van der Waals surface area contributed by atoms with E-state index in [4.69, 9.17) is 4.74 Å². The summed E-state index contributed by atoms with van der Waals surface area (Å²) >= 11 is 0. The number of aryl methyl sites for hydroxylation is 1. The van der Waals surface area contributed by atoms with Crippen LogP contribution in [0.4, 0.5) is 0 Å². The topological polar surface area (TPSA) is 55.4 Å². The summed E-state index contributed by atoms with van der Waals surface area (Å²) in [6.45, 7) is 1.49. The molecule has 1 aliphatic rings. The Hall–Kier alpha value is -2.62. The molecule has 0 radical (unpaired) electrons. The number of fused-ring (bicyclic) bond motifs is 1. The molecule has 2 aromatic carbocycles. The minimum Gasteiger partial charge on any atom is -0.484 e. The van der Waals surface area contributed by atoms with Crippen LogP contribution in [0.25, 0.3) is 0 Å². The van der Waals surface area contributed by atoms with E-state index in [-0.39, 0.29) is 24.3 Å². The first-order chi connectivity index (χ1) is 11.1. The number of carbonyl (C=O) groups excluding carboxylic acids is 2. The first kappa shape index (κ1) is 15.3. The van der Waals surface area contributed by atoms with Crippen molar-refractivity contribution >= 4 is 11.7 Å². The van der Waals surface area contributed by atoms with Gasteiger partial charge in [0.15, 0.2) is 12.4 Å². The van der Waals surface area contributed by atoms with E-state index in [1.165, 1.54) is 18.1 Å². The van der Waals surface area contributed by atoms with Gasteiger partial charge in [0, 0.05) is 5.56 Å². The second-order valence-corrected chi connectivity index (χ2v) is 5.73. The number of amides is 1. The summed E-state index contributed by atoms with van der Waals surface area (Å²) < 4.78 is 5.48. The van der Waals surface area contributed by atoms with Crippen molar-refractivity contribution < 1.29 is 14.3 Å². The largest absolute Gasteiger partial charge is 0.484 e. The summed E-state index contributed by atoms with van der Waals surface area (Å²) in [5, 5.41) is 3.02. The van der Waals surface area contributed by atoms with Gasteiger partial charge in [-0.15, -0.1) is 0 Å². The molecule has 0 saturated heterocycles. The molecule has 1 amide bonds. The van der Waals surface area contributed by atoms with Crippen LogP contribution >= 0.6 is 0 Å². The molecule has 3 rings (SSSR count). The van der Waals surface area contributed by atoms with Crippen LogP contribution in [0.2, 0.25) is 0 Å². The lowest BCUT2D eigenvalue weighted by molar-refractivity contribution is -0.123. The number of carbonyl (C=O) groups is 2. The SMILES string of the molecule is CC(=O)c1ccc(OCC(=O)N[C@@H]2CCc3ccccc32)cc1. The maximum atomic E-state index is 12.1. The fraction of sp³-hybridized carbons (Fsp3) is 0.263. The van der Waals surface area contributed by atoms with E-state index in [9.17, 15) is 9.59 Å². The van der Waals surface area contributed by atoms with E-state index in [1.54, 1.807) is 24.3 Å². The lowest BCUT2D eigenvalue weighted by Crippen LogP contribution is -2.31. The highest BCUT2D eigenvalue weighted by atomic mass is 16.5. The number of nitrogens with one attached hydrogen (secondary N) is 1. The van der Waals surface area contributed by atoms with Gasteiger partial charge in [0.1, 0.15) is 5.75 Å². The fourth-order valence-corrected chi connectivity index (χ4v) is 2.88. The molecular weight excluding hydrogens is 290 g/mol. The van der Waals surface area contributed by atoms with Crippen molar-refractivity contribution in [1.82, 2.24) is 5.32 Å². The average molecular weight is 309 g/mol. The third kappa shape index (κ3) is 3.59. The highest BCUT2D eigenvalue weighted by Gasteiger charge is 2.23. The zero-order valence-electron chi connectivity index (χ0n) is 13.0. The number of hydrogen-bond acceptors (Lipinski definition) is 3. The summed E-state index contributed by atoms with van der Waals surface area (Å²) in [5.41, 5.74) is 3.13.